The number of aromatic nitrogens is 1. The number of halogens is 3. The summed E-state index contributed by atoms with van der Waals surface area (Å²) in [4.78, 5) is 16.1. The molecule has 31 heavy (non-hydrogen) atoms. The molecule has 2 aromatic carbocycles. The first-order valence-electron chi connectivity index (χ1n) is 9.37. The molecule has 0 aliphatic carbocycles. The second-order valence-corrected chi connectivity index (χ2v) is 7.47. The maximum absolute atomic E-state index is 13.9. The SMILES string of the molecule is CC(Oc1cc(-c2ccc(C(=O)NCCO)cc2)cnc1N)c1c(Cl)ccc(F)c1Cl. The van der Waals surface area contributed by atoms with E-state index in [0.717, 1.165) is 5.56 Å². The highest BCUT2D eigenvalue weighted by Gasteiger charge is 2.20. The van der Waals surface area contributed by atoms with Crippen LogP contribution in [0, 0.1) is 5.82 Å². The molecule has 3 rings (SSSR count). The van der Waals surface area contributed by atoms with Gasteiger partial charge < -0.3 is 20.9 Å². The summed E-state index contributed by atoms with van der Waals surface area (Å²) in [6.45, 7) is 1.73. The molecule has 0 bridgehead atoms. The van der Waals surface area contributed by atoms with E-state index in [2.05, 4.69) is 10.3 Å². The lowest BCUT2D eigenvalue weighted by molar-refractivity contribution is 0.0945. The van der Waals surface area contributed by atoms with Crippen LogP contribution in [-0.4, -0.2) is 29.1 Å². The van der Waals surface area contributed by atoms with E-state index in [1.165, 1.54) is 12.1 Å². The topological polar surface area (TPSA) is 97.5 Å². The Morgan fingerprint density at radius 3 is 2.61 bits per heavy atom. The third kappa shape index (κ3) is 5.25. The first-order chi connectivity index (χ1) is 14.8. The van der Waals surface area contributed by atoms with Crippen molar-refractivity contribution in [3.05, 3.63) is 75.7 Å². The number of aliphatic hydroxyl groups is 1. The van der Waals surface area contributed by atoms with Crippen molar-refractivity contribution in [2.24, 2.45) is 0 Å². The minimum atomic E-state index is -0.687. The van der Waals surface area contributed by atoms with Gasteiger partial charge in [-0.15, -0.1) is 0 Å². The summed E-state index contributed by atoms with van der Waals surface area (Å²) in [6.07, 6.45) is 0.892. The number of amides is 1. The molecule has 1 unspecified atom stereocenters. The van der Waals surface area contributed by atoms with E-state index in [4.69, 9.17) is 38.8 Å². The summed E-state index contributed by atoms with van der Waals surface area (Å²) in [5.74, 6) is -0.442. The number of carbonyl (C=O) groups excluding carboxylic acids is 1. The van der Waals surface area contributed by atoms with Gasteiger partial charge in [-0.1, -0.05) is 35.3 Å². The Hall–Kier alpha value is -2.87. The van der Waals surface area contributed by atoms with Gasteiger partial charge in [0.1, 0.15) is 11.9 Å². The molecule has 0 aliphatic rings. The average Bonchev–Trinajstić information content (AvgIpc) is 2.76. The number of nitrogens with two attached hydrogens (primary N) is 1. The molecule has 1 heterocycles. The fraction of sp³-hybridized carbons (Fsp3) is 0.182. The molecule has 4 N–H and O–H groups in total. The molecule has 3 aromatic rings. The third-order valence-electron chi connectivity index (χ3n) is 4.55. The number of ether oxygens (including phenoxy) is 1. The Kier molecular flexibility index (Phi) is 7.33. The number of pyridine rings is 1. The van der Waals surface area contributed by atoms with Crippen LogP contribution in [0.2, 0.25) is 10.0 Å². The second kappa shape index (κ2) is 9.96. The monoisotopic (exact) mass is 463 g/mol. The fourth-order valence-corrected chi connectivity index (χ4v) is 3.64. The lowest BCUT2D eigenvalue weighted by Gasteiger charge is -2.19. The molecule has 0 fully saturated rings. The molecule has 0 aliphatic heterocycles. The van der Waals surface area contributed by atoms with Gasteiger partial charge in [0.15, 0.2) is 11.6 Å². The smallest absolute Gasteiger partial charge is 0.251 e. The van der Waals surface area contributed by atoms with Crippen molar-refractivity contribution < 1.29 is 19.0 Å². The highest BCUT2D eigenvalue weighted by atomic mass is 35.5. The van der Waals surface area contributed by atoms with E-state index in [9.17, 15) is 9.18 Å². The minimum absolute atomic E-state index is 0.113. The van der Waals surface area contributed by atoms with Crippen LogP contribution in [-0.2, 0) is 0 Å². The predicted molar refractivity (Wildman–Crippen MR) is 119 cm³/mol. The predicted octanol–water partition coefficient (Wildman–Crippen LogP) is 4.64. The normalized spacial score (nSPS) is 11.8. The van der Waals surface area contributed by atoms with Crippen molar-refractivity contribution in [1.82, 2.24) is 10.3 Å². The first kappa shape index (κ1) is 22.8. The van der Waals surface area contributed by atoms with Crippen LogP contribution in [0.3, 0.4) is 0 Å². The van der Waals surface area contributed by atoms with Gasteiger partial charge in [-0.05, 0) is 42.8 Å². The number of nitrogen functional groups attached to an aromatic ring is 1. The van der Waals surface area contributed by atoms with Gasteiger partial charge in [-0.25, -0.2) is 9.37 Å². The van der Waals surface area contributed by atoms with Crippen LogP contribution >= 0.6 is 23.2 Å². The Balaban J connectivity index is 1.84. The van der Waals surface area contributed by atoms with Crippen molar-refractivity contribution in [2.75, 3.05) is 18.9 Å². The van der Waals surface area contributed by atoms with Crippen LogP contribution in [0.1, 0.15) is 28.9 Å². The van der Waals surface area contributed by atoms with Crippen LogP contribution in [0.4, 0.5) is 10.2 Å². The summed E-state index contributed by atoms with van der Waals surface area (Å²) in [5, 5.41) is 11.6. The van der Waals surface area contributed by atoms with E-state index in [1.54, 1.807) is 43.5 Å². The number of carbonyl (C=O) groups is 1. The van der Waals surface area contributed by atoms with Crippen molar-refractivity contribution in [3.8, 4) is 16.9 Å². The van der Waals surface area contributed by atoms with Crippen molar-refractivity contribution in [1.29, 1.82) is 0 Å². The van der Waals surface area contributed by atoms with Gasteiger partial charge in [-0.2, -0.15) is 0 Å². The Bertz CT molecular complexity index is 1090. The molecule has 162 valence electrons. The number of aliphatic hydroxyl groups excluding tert-OH is 1. The van der Waals surface area contributed by atoms with Crippen LogP contribution in [0.5, 0.6) is 5.75 Å². The standard InChI is InChI=1S/C22H20Cl2FN3O3/c1-12(19-16(23)6-7-17(25)20(19)24)31-18-10-15(11-28-21(18)26)13-2-4-14(5-3-13)22(30)27-8-9-29/h2-7,10-12,29H,8-9H2,1H3,(H2,26,28)(H,27,30). The van der Waals surface area contributed by atoms with Gasteiger partial charge in [-0.3, -0.25) is 4.79 Å². The number of hydrogen-bond donors (Lipinski definition) is 3. The quantitative estimate of drug-likeness (QED) is 0.443. The number of benzene rings is 2. The van der Waals surface area contributed by atoms with Gasteiger partial charge in [0.05, 0.1) is 11.6 Å². The molecule has 1 amide bonds. The molecule has 9 heteroatoms. The summed E-state index contributed by atoms with van der Waals surface area (Å²) in [5.41, 5.74) is 8.22. The maximum atomic E-state index is 13.9. The van der Waals surface area contributed by atoms with Gasteiger partial charge in [0.2, 0.25) is 0 Å². The lowest BCUT2D eigenvalue weighted by atomic mass is 10.0. The zero-order valence-corrected chi connectivity index (χ0v) is 18.0. The average molecular weight is 464 g/mol. The number of rotatable bonds is 7. The first-order valence-corrected chi connectivity index (χ1v) is 10.1. The summed E-state index contributed by atoms with van der Waals surface area (Å²) < 4.78 is 19.8. The molecule has 1 atom stereocenters. The molecular formula is C22H20Cl2FN3O3. The number of anilines is 1. The van der Waals surface area contributed by atoms with Crippen LogP contribution < -0.4 is 15.8 Å². The summed E-state index contributed by atoms with van der Waals surface area (Å²) in [6, 6.07) is 11.1. The Morgan fingerprint density at radius 1 is 1.23 bits per heavy atom. The van der Waals surface area contributed by atoms with Gasteiger partial charge in [0.25, 0.3) is 5.91 Å². The minimum Gasteiger partial charge on any atom is -0.482 e. The molecule has 0 spiro atoms. The number of nitrogens with one attached hydrogen (secondary N) is 1. The molecule has 0 saturated carbocycles. The molecule has 0 saturated heterocycles. The van der Waals surface area contributed by atoms with E-state index in [0.29, 0.717) is 16.7 Å². The highest BCUT2D eigenvalue weighted by molar-refractivity contribution is 6.36. The lowest BCUT2D eigenvalue weighted by Crippen LogP contribution is -2.26. The van der Waals surface area contributed by atoms with Gasteiger partial charge in [0, 0.05) is 34.5 Å². The number of nitrogens with zero attached hydrogens (tertiary/aromatic N) is 1. The van der Waals surface area contributed by atoms with Crippen molar-refractivity contribution in [2.45, 2.75) is 13.0 Å². The Morgan fingerprint density at radius 2 is 1.94 bits per heavy atom. The molecular weight excluding hydrogens is 444 g/mol. The van der Waals surface area contributed by atoms with Crippen LogP contribution in [0.25, 0.3) is 11.1 Å². The van der Waals surface area contributed by atoms with Crippen molar-refractivity contribution in [3.63, 3.8) is 0 Å². The van der Waals surface area contributed by atoms with E-state index >= 15 is 0 Å². The molecule has 1 aromatic heterocycles. The maximum Gasteiger partial charge on any atom is 0.251 e. The zero-order chi connectivity index (χ0) is 22.5. The largest absolute Gasteiger partial charge is 0.482 e. The van der Waals surface area contributed by atoms with E-state index in [-0.39, 0.29) is 40.7 Å². The van der Waals surface area contributed by atoms with Gasteiger partial charge >= 0.3 is 0 Å². The highest BCUT2D eigenvalue weighted by Crippen LogP contribution is 2.36. The number of hydrogen-bond acceptors (Lipinski definition) is 5. The fourth-order valence-electron chi connectivity index (χ4n) is 2.96. The third-order valence-corrected chi connectivity index (χ3v) is 5.26. The summed E-state index contributed by atoms with van der Waals surface area (Å²) >= 11 is 12.2. The Labute approximate surface area is 188 Å². The molecule has 0 radical (unpaired) electrons. The van der Waals surface area contributed by atoms with Crippen LogP contribution in [0.15, 0.2) is 48.7 Å². The second-order valence-electron chi connectivity index (χ2n) is 6.68. The zero-order valence-electron chi connectivity index (χ0n) is 16.5. The van der Waals surface area contributed by atoms with Crippen molar-refractivity contribution >= 4 is 34.9 Å². The van der Waals surface area contributed by atoms with E-state index in [1.807, 2.05) is 0 Å². The van der Waals surface area contributed by atoms with E-state index < -0.39 is 11.9 Å². The summed E-state index contributed by atoms with van der Waals surface area (Å²) in [7, 11) is 0. The molecule has 6 nitrogen and oxygen atoms in total.